The minimum atomic E-state index is -1.33. The number of H-pyrrole nitrogens is 1. The minimum Gasteiger partial charge on any atom is -0.863 e. The predicted octanol–water partition coefficient (Wildman–Crippen LogP) is 0.0991. The van der Waals surface area contributed by atoms with Gasteiger partial charge in [0.1, 0.15) is 6.20 Å². The average molecular weight is 296 g/mol. The molecule has 0 saturated heterocycles. The number of rotatable bonds is 5. The fourth-order valence-corrected chi connectivity index (χ4v) is 1.33. The van der Waals surface area contributed by atoms with Crippen LogP contribution in [0.4, 0.5) is 17.1 Å². The highest BCUT2D eigenvalue weighted by Gasteiger charge is 2.30. The summed E-state index contributed by atoms with van der Waals surface area (Å²) >= 11 is 0. The molecule has 0 atom stereocenters. The Labute approximate surface area is 113 Å². The van der Waals surface area contributed by atoms with Crippen LogP contribution in [0, 0.1) is 25.1 Å². The lowest BCUT2D eigenvalue weighted by atomic mass is 10.2. The first-order valence-corrected chi connectivity index (χ1v) is 5.05. The van der Waals surface area contributed by atoms with Crippen LogP contribution in [0.1, 0.15) is 0 Å². The number of nitrogens with zero attached hydrogens (tertiary/aromatic N) is 5. The second-order valence-electron chi connectivity index (χ2n) is 3.48. The standard InChI is InChI=1S/C8H4N6O7/c15-8-5(13(18)19)1-4(12(16)17)2-6(8)14(20)21-7-3-9-11-10-7/h1-3H,(H-,9,10,11,15,20). The quantitative estimate of drug-likeness (QED) is 0.590. The van der Waals surface area contributed by atoms with Crippen molar-refractivity contribution in [2.75, 3.05) is 0 Å². The molecule has 0 saturated carbocycles. The van der Waals surface area contributed by atoms with Crippen LogP contribution in [0.25, 0.3) is 0 Å². The Hall–Kier alpha value is -3.64. The third-order valence-corrected chi connectivity index (χ3v) is 2.21. The number of hydrogen-bond acceptors (Lipinski definition) is 9. The summed E-state index contributed by atoms with van der Waals surface area (Å²) in [5, 5.41) is 41.9. The Morgan fingerprint density at radius 3 is 2.29 bits per heavy atom. The zero-order valence-corrected chi connectivity index (χ0v) is 9.83. The molecule has 0 aliphatic carbocycles. The molecule has 1 aromatic heterocycles. The van der Waals surface area contributed by atoms with Crippen LogP contribution in [0.2, 0.25) is 0 Å². The van der Waals surface area contributed by atoms with Gasteiger partial charge in [-0.1, -0.05) is 0 Å². The first kappa shape index (κ1) is 13.8. The second kappa shape index (κ2) is 5.16. The van der Waals surface area contributed by atoms with Crippen molar-refractivity contribution in [3.63, 3.8) is 0 Å². The van der Waals surface area contributed by atoms with Gasteiger partial charge in [-0.3, -0.25) is 20.2 Å². The number of nitro groups is 2. The molecule has 0 unspecified atom stereocenters. The Kier molecular flexibility index (Phi) is 3.38. The van der Waals surface area contributed by atoms with E-state index in [4.69, 9.17) is 0 Å². The van der Waals surface area contributed by atoms with Crippen molar-refractivity contribution in [3.05, 3.63) is 43.5 Å². The molecule has 0 aliphatic heterocycles. The van der Waals surface area contributed by atoms with Gasteiger partial charge >= 0.3 is 11.6 Å². The van der Waals surface area contributed by atoms with Crippen molar-refractivity contribution in [2.45, 2.75) is 0 Å². The van der Waals surface area contributed by atoms with Gasteiger partial charge in [0.2, 0.25) is 0 Å². The summed E-state index contributed by atoms with van der Waals surface area (Å²) in [6.07, 6.45) is 0.987. The van der Waals surface area contributed by atoms with Gasteiger partial charge in [0.15, 0.2) is 0 Å². The highest BCUT2D eigenvalue weighted by Crippen LogP contribution is 2.37. The molecule has 2 aromatic rings. The maximum absolute atomic E-state index is 11.7. The van der Waals surface area contributed by atoms with E-state index < -0.39 is 37.6 Å². The fraction of sp³-hybridized carbons (Fsp3) is 0. The van der Waals surface area contributed by atoms with Crippen LogP contribution in [-0.2, 0) is 0 Å². The molecule has 21 heavy (non-hydrogen) atoms. The predicted molar refractivity (Wildman–Crippen MR) is 59.5 cm³/mol. The lowest BCUT2D eigenvalue weighted by Crippen LogP contribution is -2.11. The van der Waals surface area contributed by atoms with Crippen molar-refractivity contribution in [2.24, 2.45) is 0 Å². The van der Waals surface area contributed by atoms with E-state index in [0.717, 1.165) is 6.20 Å². The zero-order valence-electron chi connectivity index (χ0n) is 9.83. The first-order chi connectivity index (χ1) is 9.90. The SMILES string of the molecule is O=[N+]([O-])c1cc([N+](=O)[O-])c([O-])c([N+](=O)Oc2cn[nH]n2)c1. The molecule has 1 aromatic carbocycles. The molecule has 13 heteroatoms. The molecule has 1 heterocycles. The smallest absolute Gasteiger partial charge is 0.339 e. The Morgan fingerprint density at radius 1 is 1.10 bits per heavy atom. The molecule has 1 N–H and O–H groups in total. The largest absolute Gasteiger partial charge is 0.863 e. The van der Waals surface area contributed by atoms with E-state index in [1.54, 1.807) is 0 Å². The van der Waals surface area contributed by atoms with Crippen molar-refractivity contribution in [3.8, 4) is 11.6 Å². The lowest BCUT2D eigenvalue weighted by molar-refractivity contribution is -0.700. The monoisotopic (exact) mass is 296 g/mol. The van der Waals surface area contributed by atoms with Crippen molar-refractivity contribution in [1.29, 1.82) is 0 Å². The summed E-state index contributed by atoms with van der Waals surface area (Å²) < 4.78 is 0. The first-order valence-electron chi connectivity index (χ1n) is 5.05. The van der Waals surface area contributed by atoms with Gasteiger partial charge in [-0.05, 0) is 0 Å². The van der Waals surface area contributed by atoms with Gasteiger partial charge in [-0.2, -0.15) is 15.1 Å². The van der Waals surface area contributed by atoms with E-state index in [-0.39, 0.29) is 5.88 Å². The third kappa shape index (κ3) is 2.70. The molecule has 0 aliphatic rings. The topological polar surface area (TPSA) is 180 Å². The maximum atomic E-state index is 11.7. The molecule has 2 rings (SSSR count). The van der Waals surface area contributed by atoms with Gasteiger partial charge in [-0.15, -0.1) is 5.10 Å². The number of non-ortho nitro benzene ring substituents is 1. The molecule has 0 fully saturated rings. The molecule has 108 valence electrons. The van der Waals surface area contributed by atoms with Crippen LogP contribution in [-0.4, -0.2) is 30.2 Å². The summed E-state index contributed by atoms with van der Waals surface area (Å²) in [5.74, 6) is -1.66. The van der Waals surface area contributed by atoms with Crippen LogP contribution < -0.4 is 9.94 Å². The van der Waals surface area contributed by atoms with Gasteiger partial charge in [0.05, 0.1) is 32.6 Å². The van der Waals surface area contributed by atoms with Crippen LogP contribution in [0.3, 0.4) is 0 Å². The molecule has 0 amide bonds. The van der Waals surface area contributed by atoms with Gasteiger partial charge in [0, 0.05) is 0 Å². The molecule has 0 spiro atoms. The van der Waals surface area contributed by atoms with Crippen molar-refractivity contribution in [1.82, 2.24) is 15.4 Å². The number of nitro benzene ring substituents is 2. The summed E-state index contributed by atoms with van der Waals surface area (Å²) in [7, 11) is 0. The summed E-state index contributed by atoms with van der Waals surface area (Å²) in [6.45, 7) is 0. The second-order valence-corrected chi connectivity index (χ2v) is 3.48. The molecule has 0 radical (unpaired) electrons. The maximum Gasteiger partial charge on any atom is 0.339 e. The normalized spacial score (nSPS) is 10.1. The van der Waals surface area contributed by atoms with Crippen LogP contribution >= 0.6 is 0 Å². The Balaban J connectivity index is 2.48. The summed E-state index contributed by atoms with van der Waals surface area (Å²) in [6, 6.07) is 1.01. The Morgan fingerprint density at radius 2 is 1.76 bits per heavy atom. The van der Waals surface area contributed by atoms with Crippen LogP contribution in [0.5, 0.6) is 11.6 Å². The molecular weight excluding hydrogens is 292 g/mol. The molecule has 13 nitrogen and oxygen atoms in total. The van der Waals surface area contributed by atoms with Crippen molar-refractivity contribution < 1.29 is 24.7 Å². The van der Waals surface area contributed by atoms with E-state index in [9.17, 15) is 30.2 Å². The number of nitrogens with one attached hydrogen (secondary N) is 1. The van der Waals surface area contributed by atoms with Gasteiger partial charge in [0.25, 0.3) is 16.3 Å². The molecule has 0 bridgehead atoms. The third-order valence-electron chi connectivity index (χ3n) is 2.21. The number of benzene rings is 1. The number of hydrogen-bond donors (Lipinski definition) is 1. The number of aromatic amines is 1. The van der Waals surface area contributed by atoms with E-state index >= 15 is 0 Å². The van der Waals surface area contributed by atoms with E-state index in [2.05, 4.69) is 20.2 Å². The van der Waals surface area contributed by atoms with E-state index in [1.165, 1.54) is 0 Å². The number of aromatic nitrogens is 3. The summed E-state index contributed by atoms with van der Waals surface area (Å²) in [4.78, 5) is 35.0. The van der Waals surface area contributed by atoms with Crippen LogP contribution in [0.15, 0.2) is 18.3 Å². The van der Waals surface area contributed by atoms with E-state index in [0.29, 0.717) is 12.1 Å². The fourth-order valence-electron chi connectivity index (χ4n) is 1.33. The highest BCUT2D eigenvalue weighted by atomic mass is 16.8. The minimum absolute atomic E-state index is 0.335. The lowest BCUT2D eigenvalue weighted by Gasteiger charge is -2.05. The molecular formula is C8H4N6O7. The van der Waals surface area contributed by atoms with Gasteiger partial charge < -0.3 is 5.11 Å². The Bertz CT molecular complexity index is 727. The zero-order chi connectivity index (χ0) is 15.6. The van der Waals surface area contributed by atoms with E-state index in [1.807, 2.05) is 0 Å². The van der Waals surface area contributed by atoms with Crippen molar-refractivity contribution >= 4 is 17.1 Å². The highest BCUT2D eigenvalue weighted by molar-refractivity contribution is 5.63. The van der Waals surface area contributed by atoms with Gasteiger partial charge in [-0.25, -0.2) is 0 Å². The summed E-state index contributed by atoms with van der Waals surface area (Å²) in [5.41, 5.74) is -2.86. The average Bonchev–Trinajstić information content (AvgIpc) is 2.90.